The zero-order valence-corrected chi connectivity index (χ0v) is 19.6. The molecule has 1 aliphatic rings. The van der Waals surface area contributed by atoms with Crippen LogP contribution in [0.1, 0.15) is 54.9 Å². The predicted molar refractivity (Wildman–Crippen MR) is 121 cm³/mol. The highest BCUT2D eigenvalue weighted by Crippen LogP contribution is 2.44. The van der Waals surface area contributed by atoms with Gasteiger partial charge >= 0.3 is 5.97 Å². The lowest BCUT2D eigenvalue weighted by Gasteiger charge is -2.33. The van der Waals surface area contributed by atoms with E-state index in [1.165, 1.54) is 18.4 Å². The number of benzene rings is 1. The largest absolute Gasteiger partial charge is 0.479 e. The molecule has 2 unspecified atom stereocenters. The lowest BCUT2D eigenvalue weighted by Crippen LogP contribution is -2.30. The molecule has 162 valence electrons. The number of rotatable bonds is 5. The van der Waals surface area contributed by atoms with E-state index in [1.807, 2.05) is 0 Å². The van der Waals surface area contributed by atoms with E-state index in [4.69, 9.17) is 21.1 Å². The maximum absolute atomic E-state index is 12.8. The Morgan fingerprint density at radius 1 is 1.27 bits per heavy atom. The highest BCUT2D eigenvalue weighted by molar-refractivity contribution is 7.17. The molecule has 0 radical (unpaired) electrons. The first-order valence-electron chi connectivity index (χ1n) is 10.1. The van der Waals surface area contributed by atoms with Crippen molar-refractivity contribution in [1.29, 1.82) is 0 Å². The molecule has 1 aromatic carbocycles. The molecule has 30 heavy (non-hydrogen) atoms. The Kier molecular flexibility index (Phi) is 6.78. The van der Waals surface area contributed by atoms with Crippen LogP contribution >= 0.6 is 22.9 Å². The van der Waals surface area contributed by atoms with E-state index >= 15 is 0 Å². The predicted octanol–water partition coefficient (Wildman–Crippen LogP) is 5.75. The summed E-state index contributed by atoms with van der Waals surface area (Å²) in [6, 6.07) is 7.00. The standard InChI is InChI=1S/C23H28ClNO4S/c1-13(29-17-9-7-6-8-16(17)24)20(26)25-21-19(22(27)28-5)15-11-10-14(23(2,3)4)12-18(15)30-21/h6-9,13-14H,10-12H2,1-5H3,(H,25,26). The summed E-state index contributed by atoms with van der Waals surface area (Å²) in [5.74, 6) is 0.205. The third kappa shape index (κ3) is 4.81. The minimum atomic E-state index is -0.781. The van der Waals surface area contributed by atoms with Crippen LogP contribution in [0.4, 0.5) is 5.00 Å². The molecule has 0 bridgehead atoms. The molecule has 1 N–H and O–H groups in total. The number of ether oxygens (including phenoxy) is 2. The third-order valence-electron chi connectivity index (χ3n) is 5.63. The monoisotopic (exact) mass is 449 g/mol. The number of hydrogen-bond acceptors (Lipinski definition) is 5. The van der Waals surface area contributed by atoms with Gasteiger partial charge in [-0.15, -0.1) is 11.3 Å². The fourth-order valence-electron chi connectivity index (χ4n) is 3.73. The minimum Gasteiger partial charge on any atom is -0.479 e. The van der Waals surface area contributed by atoms with E-state index in [0.29, 0.717) is 27.3 Å². The van der Waals surface area contributed by atoms with E-state index in [-0.39, 0.29) is 11.3 Å². The van der Waals surface area contributed by atoms with Crippen molar-refractivity contribution in [2.45, 2.75) is 53.1 Å². The second kappa shape index (κ2) is 8.98. The molecule has 1 amide bonds. The van der Waals surface area contributed by atoms with Gasteiger partial charge in [-0.2, -0.15) is 0 Å². The molecule has 7 heteroatoms. The average Bonchev–Trinajstić information content (AvgIpc) is 3.05. The van der Waals surface area contributed by atoms with Gasteiger partial charge in [0.25, 0.3) is 5.91 Å². The van der Waals surface area contributed by atoms with Gasteiger partial charge in [0.2, 0.25) is 0 Å². The number of fused-ring (bicyclic) bond motifs is 1. The molecule has 1 heterocycles. The van der Waals surface area contributed by atoms with Gasteiger partial charge in [-0.1, -0.05) is 44.5 Å². The Balaban J connectivity index is 1.83. The van der Waals surface area contributed by atoms with Gasteiger partial charge in [0.05, 0.1) is 17.7 Å². The van der Waals surface area contributed by atoms with Crippen LogP contribution in [0, 0.1) is 11.3 Å². The lowest BCUT2D eigenvalue weighted by atomic mass is 9.72. The van der Waals surface area contributed by atoms with Crippen LogP contribution in [-0.4, -0.2) is 25.1 Å². The Morgan fingerprint density at radius 2 is 1.97 bits per heavy atom. The second-order valence-electron chi connectivity index (χ2n) is 8.68. The molecular weight excluding hydrogens is 422 g/mol. The van der Waals surface area contributed by atoms with Crippen molar-refractivity contribution in [3.05, 3.63) is 45.3 Å². The number of amides is 1. The van der Waals surface area contributed by atoms with Crippen LogP contribution in [0.25, 0.3) is 0 Å². The number of methoxy groups -OCH3 is 1. The third-order valence-corrected chi connectivity index (χ3v) is 7.11. The van der Waals surface area contributed by atoms with Crippen molar-refractivity contribution in [2.24, 2.45) is 11.3 Å². The molecular formula is C23H28ClNO4S. The number of nitrogens with one attached hydrogen (secondary N) is 1. The summed E-state index contributed by atoms with van der Waals surface area (Å²) in [4.78, 5) is 26.5. The SMILES string of the molecule is COC(=O)c1c(NC(=O)C(C)Oc2ccccc2Cl)sc2c1CCC(C(C)(C)C)C2. The summed E-state index contributed by atoms with van der Waals surface area (Å²) in [5, 5.41) is 3.85. The van der Waals surface area contributed by atoms with Gasteiger partial charge in [0.1, 0.15) is 10.8 Å². The van der Waals surface area contributed by atoms with Gasteiger partial charge in [0.15, 0.2) is 6.10 Å². The highest BCUT2D eigenvalue weighted by atomic mass is 35.5. The van der Waals surface area contributed by atoms with Crippen LogP contribution < -0.4 is 10.1 Å². The van der Waals surface area contributed by atoms with Crippen molar-refractivity contribution >= 4 is 39.8 Å². The van der Waals surface area contributed by atoms with Crippen molar-refractivity contribution in [1.82, 2.24) is 0 Å². The van der Waals surface area contributed by atoms with Gasteiger partial charge in [-0.25, -0.2) is 4.79 Å². The van der Waals surface area contributed by atoms with Gasteiger partial charge < -0.3 is 14.8 Å². The highest BCUT2D eigenvalue weighted by Gasteiger charge is 2.34. The summed E-state index contributed by atoms with van der Waals surface area (Å²) >= 11 is 7.59. The molecule has 0 spiro atoms. The van der Waals surface area contributed by atoms with Gasteiger partial charge in [-0.05, 0) is 55.2 Å². The lowest BCUT2D eigenvalue weighted by molar-refractivity contribution is -0.122. The number of carbonyl (C=O) groups is 2. The molecule has 0 saturated carbocycles. The van der Waals surface area contributed by atoms with Gasteiger partial charge in [0, 0.05) is 4.88 Å². The summed E-state index contributed by atoms with van der Waals surface area (Å²) < 4.78 is 10.7. The van der Waals surface area contributed by atoms with E-state index in [2.05, 4.69) is 26.1 Å². The molecule has 0 fully saturated rings. The number of para-hydroxylation sites is 1. The Morgan fingerprint density at radius 3 is 2.60 bits per heavy atom. The fourth-order valence-corrected chi connectivity index (χ4v) is 5.23. The summed E-state index contributed by atoms with van der Waals surface area (Å²) in [5.41, 5.74) is 1.67. The number of hydrogen-bond donors (Lipinski definition) is 1. The summed E-state index contributed by atoms with van der Waals surface area (Å²) in [7, 11) is 1.36. The maximum Gasteiger partial charge on any atom is 0.341 e. The van der Waals surface area contributed by atoms with Gasteiger partial charge in [-0.3, -0.25) is 4.79 Å². The average molecular weight is 450 g/mol. The van der Waals surface area contributed by atoms with Crippen molar-refractivity contribution in [2.75, 3.05) is 12.4 Å². The zero-order chi connectivity index (χ0) is 22.1. The topological polar surface area (TPSA) is 64.6 Å². The van der Waals surface area contributed by atoms with Crippen LogP contribution in [0.5, 0.6) is 5.75 Å². The summed E-state index contributed by atoms with van der Waals surface area (Å²) in [6.45, 7) is 8.38. The second-order valence-corrected chi connectivity index (χ2v) is 10.2. The van der Waals surface area contributed by atoms with Crippen LogP contribution in [0.3, 0.4) is 0 Å². The van der Waals surface area contributed by atoms with Crippen molar-refractivity contribution in [3.63, 3.8) is 0 Å². The van der Waals surface area contributed by atoms with E-state index < -0.39 is 12.1 Å². The first-order valence-corrected chi connectivity index (χ1v) is 11.3. The first kappa shape index (κ1) is 22.6. The first-order chi connectivity index (χ1) is 14.1. The van der Waals surface area contributed by atoms with Crippen LogP contribution in [0.2, 0.25) is 5.02 Å². The number of halogens is 1. The fraction of sp³-hybridized carbons (Fsp3) is 0.478. The molecule has 0 saturated heterocycles. The molecule has 3 rings (SSSR count). The van der Waals surface area contributed by atoms with Crippen LogP contribution in [0.15, 0.2) is 24.3 Å². The normalized spacial score (nSPS) is 17.1. The number of esters is 1. The molecule has 2 aromatic rings. The molecule has 5 nitrogen and oxygen atoms in total. The number of anilines is 1. The smallest absolute Gasteiger partial charge is 0.341 e. The van der Waals surface area contributed by atoms with E-state index in [1.54, 1.807) is 31.2 Å². The minimum absolute atomic E-state index is 0.188. The quantitative estimate of drug-likeness (QED) is 0.590. The van der Waals surface area contributed by atoms with E-state index in [9.17, 15) is 9.59 Å². The van der Waals surface area contributed by atoms with E-state index in [0.717, 1.165) is 29.7 Å². The Labute approximate surface area is 186 Å². The molecule has 2 atom stereocenters. The van der Waals surface area contributed by atoms with Crippen molar-refractivity contribution in [3.8, 4) is 5.75 Å². The van der Waals surface area contributed by atoms with Crippen LogP contribution in [-0.2, 0) is 22.4 Å². The maximum atomic E-state index is 12.8. The number of carbonyl (C=O) groups excluding carboxylic acids is 2. The zero-order valence-electron chi connectivity index (χ0n) is 18.0. The van der Waals surface area contributed by atoms with Crippen molar-refractivity contribution < 1.29 is 19.1 Å². The Bertz CT molecular complexity index is 947. The Hall–Kier alpha value is -2.05. The molecule has 1 aliphatic carbocycles. The number of thiophene rings is 1. The molecule has 0 aliphatic heterocycles. The molecule has 1 aromatic heterocycles. The summed E-state index contributed by atoms with van der Waals surface area (Å²) in [6.07, 6.45) is 1.93.